The van der Waals surface area contributed by atoms with Crippen LogP contribution in [-0.2, 0) is 18.1 Å². The molecule has 3 N–H and O–H groups in total. The molecule has 0 radical (unpaired) electrons. The molecule has 12 heteroatoms. The van der Waals surface area contributed by atoms with E-state index in [1.165, 1.54) is 6.20 Å². The fraction of sp³-hybridized carbons (Fsp3) is 0.522. The second-order valence-corrected chi connectivity index (χ2v) is 9.99. The minimum atomic E-state index is -4.61. The fourth-order valence-corrected chi connectivity index (χ4v) is 6.06. The van der Waals surface area contributed by atoms with E-state index in [4.69, 9.17) is 5.73 Å². The number of imidazole rings is 1. The summed E-state index contributed by atoms with van der Waals surface area (Å²) in [7, 11) is 0. The van der Waals surface area contributed by atoms with Gasteiger partial charge in [0.05, 0.1) is 17.3 Å². The zero-order chi connectivity index (χ0) is 24.6. The summed E-state index contributed by atoms with van der Waals surface area (Å²) in [6, 6.07) is 2.59. The third-order valence-electron chi connectivity index (χ3n) is 7.79. The smallest absolute Gasteiger partial charge is 0.383 e. The summed E-state index contributed by atoms with van der Waals surface area (Å²) in [5.74, 6) is -2.69. The van der Waals surface area contributed by atoms with Crippen LogP contribution in [0.3, 0.4) is 0 Å². The molecule has 1 spiro atoms. The predicted octanol–water partition coefficient (Wildman–Crippen LogP) is 4.40. The van der Waals surface area contributed by atoms with Crippen molar-refractivity contribution in [3.63, 3.8) is 0 Å². The molecule has 1 saturated heterocycles. The van der Waals surface area contributed by atoms with E-state index in [-0.39, 0.29) is 35.8 Å². The lowest BCUT2D eigenvalue weighted by Gasteiger charge is -2.43. The molecule has 2 fully saturated rings. The van der Waals surface area contributed by atoms with Crippen molar-refractivity contribution in [1.29, 1.82) is 0 Å². The van der Waals surface area contributed by atoms with Crippen LogP contribution in [-0.4, -0.2) is 48.6 Å². The Hall–Kier alpha value is -3.02. The summed E-state index contributed by atoms with van der Waals surface area (Å²) >= 11 is 0. The highest BCUT2D eigenvalue weighted by molar-refractivity contribution is 5.63. The summed E-state index contributed by atoms with van der Waals surface area (Å²) in [5, 5.41) is 4.57. The van der Waals surface area contributed by atoms with Crippen molar-refractivity contribution in [3.05, 3.63) is 47.8 Å². The lowest BCUT2D eigenvalue weighted by molar-refractivity contribution is -0.137. The molecule has 0 aromatic carbocycles. The number of aromatic nitrogens is 5. The van der Waals surface area contributed by atoms with Gasteiger partial charge in [-0.05, 0) is 37.4 Å². The van der Waals surface area contributed by atoms with E-state index in [0.717, 1.165) is 31.1 Å². The number of nitrogens with one attached hydrogen (secondary N) is 1. The number of hydrogen-bond donors (Lipinski definition) is 2. The molecular formula is C23H24F5N7. The van der Waals surface area contributed by atoms with Crippen LogP contribution in [0.2, 0.25) is 0 Å². The topological polar surface area (TPSA) is 88.7 Å². The number of likely N-dealkylation sites (tertiary alicyclic amines) is 1. The maximum absolute atomic E-state index is 13.7. The van der Waals surface area contributed by atoms with Crippen LogP contribution in [0.4, 0.5) is 27.8 Å². The van der Waals surface area contributed by atoms with Gasteiger partial charge in [-0.25, -0.2) is 18.7 Å². The number of H-pyrrole nitrogens is 1. The maximum Gasteiger partial charge on any atom is 0.419 e. The highest BCUT2D eigenvalue weighted by Gasteiger charge is 2.54. The van der Waals surface area contributed by atoms with E-state index >= 15 is 0 Å². The van der Waals surface area contributed by atoms with E-state index in [2.05, 4.69) is 25.0 Å². The quantitative estimate of drug-likeness (QED) is 0.526. The normalized spacial score (nSPS) is 25.2. The standard InChI is InChI=1S/C23H24F5N7/c24-22(25)9-14(10-22)18(20-30-3-4-31-20)34-5-1-21(12-34)2-6-35-17(21)8-16(33-35)13-7-15(23(26,27)28)19(29)32-11-13/h3-4,7-8,11,14,18H,1-2,5-6,9-10,12H2,(H2,29,32)(H,30,31)/t18?,21-/m1/s1. The van der Waals surface area contributed by atoms with Gasteiger partial charge < -0.3 is 10.7 Å². The summed E-state index contributed by atoms with van der Waals surface area (Å²) in [6.07, 6.45) is 1.38. The molecular weight excluding hydrogens is 469 g/mol. The van der Waals surface area contributed by atoms with Crippen LogP contribution in [0, 0.1) is 5.92 Å². The molecule has 1 unspecified atom stereocenters. The van der Waals surface area contributed by atoms with Crippen molar-refractivity contribution in [1.82, 2.24) is 29.6 Å². The van der Waals surface area contributed by atoms with Crippen LogP contribution in [0.25, 0.3) is 11.3 Å². The summed E-state index contributed by atoms with van der Waals surface area (Å²) < 4.78 is 69.3. The number of alkyl halides is 5. The van der Waals surface area contributed by atoms with Crippen LogP contribution in [0.15, 0.2) is 30.7 Å². The number of aromatic amines is 1. The van der Waals surface area contributed by atoms with Crippen molar-refractivity contribution >= 4 is 5.82 Å². The number of halogens is 5. The third-order valence-corrected chi connectivity index (χ3v) is 7.79. The zero-order valence-corrected chi connectivity index (χ0v) is 18.7. The average molecular weight is 493 g/mol. The molecule has 1 aliphatic carbocycles. The van der Waals surface area contributed by atoms with E-state index < -0.39 is 23.5 Å². The second kappa shape index (κ2) is 7.49. The molecule has 0 amide bonds. The Morgan fingerprint density at radius 2 is 1.89 bits per heavy atom. The predicted molar refractivity (Wildman–Crippen MR) is 116 cm³/mol. The molecule has 3 aliphatic rings. The molecule has 3 aromatic heterocycles. The van der Waals surface area contributed by atoms with E-state index in [9.17, 15) is 22.0 Å². The van der Waals surface area contributed by atoms with Gasteiger partial charge >= 0.3 is 6.18 Å². The van der Waals surface area contributed by atoms with E-state index in [0.29, 0.717) is 24.6 Å². The first-order valence-electron chi connectivity index (χ1n) is 11.6. The number of anilines is 1. The minimum absolute atomic E-state index is 0.157. The summed E-state index contributed by atoms with van der Waals surface area (Å²) in [6.45, 7) is 2.01. The third kappa shape index (κ3) is 3.69. The van der Waals surface area contributed by atoms with Crippen LogP contribution < -0.4 is 5.73 Å². The SMILES string of the molecule is Nc1ncc(-c2cc3n(n2)CC[C@@]32CCN(C(c3ncc[nH]3)C3CC(F)(F)C3)C2)cc1C(F)(F)F. The van der Waals surface area contributed by atoms with Crippen molar-refractivity contribution in [2.24, 2.45) is 5.92 Å². The van der Waals surface area contributed by atoms with Gasteiger partial charge in [0, 0.05) is 61.2 Å². The Labute approximate surface area is 197 Å². The Morgan fingerprint density at radius 1 is 1.11 bits per heavy atom. The number of nitrogen functional groups attached to an aromatic ring is 1. The maximum atomic E-state index is 13.7. The fourth-order valence-electron chi connectivity index (χ4n) is 6.06. The number of hydrogen-bond acceptors (Lipinski definition) is 5. The van der Waals surface area contributed by atoms with Crippen molar-refractivity contribution in [2.75, 3.05) is 18.8 Å². The van der Waals surface area contributed by atoms with Crippen molar-refractivity contribution < 1.29 is 22.0 Å². The van der Waals surface area contributed by atoms with Gasteiger partial charge in [-0.2, -0.15) is 18.3 Å². The number of rotatable bonds is 4. The Kier molecular flexibility index (Phi) is 4.80. The summed E-state index contributed by atoms with van der Waals surface area (Å²) in [5.41, 5.74) is 5.85. The highest BCUT2D eigenvalue weighted by atomic mass is 19.4. The Balaban J connectivity index is 1.29. The Bertz CT molecular complexity index is 1240. The largest absolute Gasteiger partial charge is 0.419 e. The van der Waals surface area contributed by atoms with Crippen LogP contribution >= 0.6 is 0 Å². The lowest BCUT2D eigenvalue weighted by Crippen LogP contribution is -2.45. The molecule has 1 saturated carbocycles. The molecule has 35 heavy (non-hydrogen) atoms. The van der Waals surface area contributed by atoms with Gasteiger partial charge in [0.2, 0.25) is 5.92 Å². The van der Waals surface area contributed by atoms with Crippen molar-refractivity contribution in [2.45, 2.75) is 55.8 Å². The second-order valence-electron chi connectivity index (χ2n) is 9.99. The molecule has 5 heterocycles. The van der Waals surface area contributed by atoms with Gasteiger partial charge in [-0.1, -0.05) is 0 Å². The highest BCUT2D eigenvalue weighted by Crippen LogP contribution is 2.53. The van der Waals surface area contributed by atoms with Gasteiger partial charge in [0.15, 0.2) is 0 Å². The molecule has 186 valence electrons. The number of fused-ring (bicyclic) bond motifs is 2. The van der Waals surface area contributed by atoms with Gasteiger partial charge in [-0.3, -0.25) is 9.58 Å². The van der Waals surface area contributed by atoms with Gasteiger partial charge in [0.1, 0.15) is 11.6 Å². The number of aryl methyl sites for hydroxylation is 1. The molecule has 2 atom stereocenters. The number of pyridine rings is 1. The minimum Gasteiger partial charge on any atom is -0.383 e. The first kappa shape index (κ1) is 22.4. The first-order valence-corrected chi connectivity index (χ1v) is 11.6. The molecule has 2 aliphatic heterocycles. The zero-order valence-electron chi connectivity index (χ0n) is 18.7. The summed E-state index contributed by atoms with van der Waals surface area (Å²) in [4.78, 5) is 13.5. The van der Waals surface area contributed by atoms with Crippen molar-refractivity contribution in [3.8, 4) is 11.3 Å². The van der Waals surface area contributed by atoms with Crippen LogP contribution in [0.1, 0.15) is 48.8 Å². The lowest BCUT2D eigenvalue weighted by atomic mass is 9.75. The van der Waals surface area contributed by atoms with Gasteiger partial charge in [-0.15, -0.1) is 0 Å². The molecule has 3 aromatic rings. The molecule has 7 nitrogen and oxygen atoms in total. The molecule has 6 rings (SSSR count). The Morgan fingerprint density at radius 3 is 2.57 bits per heavy atom. The van der Waals surface area contributed by atoms with E-state index in [1.807, 2.05) is 10.7 Å². The van der Waals surface area contributed by atoms with Crippen LogP contribution in [0.5, 0.6) is 0 Å². The average Bonchev–Trinajstić information content (AvgIpc) is 3.54. The molecule has 0 bridgehead atoms. The monoisotopic (exact) mass is 493 g/mol. The van der Waals surface area contributed by atoms with E-state index in [1.54, 1.807) is 12.4 Å². The number of nitrogens with two attached hydrogens (primary N) is 1. The first-order chi connectivity index (χ1) is 16.5. The van der Waals surface area contributed by atoms with Gasteiger partial charge in [0.25, 0.3) is 0 Å². The number of nitrogens with zero attached hydrogens (tertiary/aromatic N) is 5.